The standard InChI is InChI=1S/C14H22N4O2/c1-10(2)13(15)14(19)17-12-4-3-11(9-16-12)18-5-7-20-8-6-18/h3-4,9-10,13H,5-8,15H2,1-2H3,(H,16,17,19)/t13-/m0/s1. The van der Waals surface area contributed by atoms with E-state index < -0.39 is 6.04 Å². The van der Waals surface area contributed by atoms with Crippen LogP contribution in [0.25, 0.3) is 0 Å². The van der Waals surface area contributed by atoms with Crippen molar-refractivity contribution in [2.45, 2.75) is 19.9 Å². The minimum atomic E-state index is -0.518. The third-order valence-electron chi connectivity index (χ3n) is 3.40. The maximum Gasteiger partial charge on any atom is 0.242 e. The number of hydrogen-bond acceptors (Lipinski definition) is 5. The maximum absolute atomic E-state index is 11.8. The number of nitrogens with one attached hydrogen (secondary N) is 1. The number of hydrogen-bond donors (Lipinski definition) is 2. The summed E-state index contributed by atoms with van der Waals surface area (Å²) >= 11 is 0. The van der Waals surface area contributed by atoms with E-state index in [0.717, 1.165) is 32.0 Å². The fourth-order valence-corrected chi connectivity index (χ4v) is 1.98. The largest absolute Gasteiger partial charge is 0.378 e. The Balaban J connectivity index is 1.96. The van der Waals surface area contributed by atoms with Crippen LogP contribution in [0.3, 0.4) is 0 Å². The molecule has 2 rings (SSSR count). The summed E-state index contributed by atoms with van der Waals surface area (Å²) < 4.78 is 5.31. The van der Waals surface area contributed by atoms with Gasteiger partial charge in [-0.2, -0.15) is 0 Å². The second kappa shape index (κ2) is 6.67. The molecule has 0 bridgehead atoms. The molecule has 1 fully saturated rings. The van der Waals surface area contributed by atoms with E-state index in [9.17, 15) is 4.79 Å². The molecule has 0 aliphatic carbocycles. The molecule has 1 aliphatic heterocycles. The average molecular weight is 278 g/mol. The fraction of sp³-hybridized carbons (Fsp3) is 0.571. The quantitative estimate of drug-likeness (QED) is 0.853. The highest BCUT2D eigenvalue weighted by Gasteiger charge is 2.18. The van der Waals surface area contributed by atoms with Gasteiger partial charge in [-0.05, 0) is 18.1 Å². The second-order valence-corrected chi connectivity index (χ2v) is 5.26. The summed E-state index contributed by atoms with van der Waals surface area (Å²) in [6.07, 6.45) is 1.77. The van der Waals surface area contributed by atoms with Gasteiger partial charge in [0.1, 0.15) is 5.82 Å². The zero-order valence-electron chi connectivity index (χ0n) is 12.0. The molecule has 1 atom stereocenters. The number of nitrogens with two attached hydrogens (primary N) is 1. The number of nitrogens with zero attached hydrogens (tertiary/aromatic N) is 2. The van der Waals surface area contributed by atoms with Gasteiger partial charge in [0.25, 0.3) is 0 Å². The Bertz CT molecular complexity index is 441. The van der Waals surface area contributed by atoms with E-state index in [2.05, 4.69) is 15.2 Å². The molecule has 6 nitrogen and oxygen atoms in total. The topological polar surface area (TPSA) is 80.5 Å². The van der Waals surface area contributed by atoms with Crippen molar-refractivity contribution in [3.05, 3.63) is 18.3 Å². The summed E-state index contributed by atoms with van der Waals surface area (Å²) in [7, 11) is 0. The average Bonchev–Trinajstić information content (AvgIpc) is 2.48. The number of carbonyl (C=O) groups excluding carboxylic acids is 1. The summed E-state index contributed by atoms with van der Waals surface area (Å²) in [5, 5.41) is 2.73. The zero-order chi connectivity index (χ0) is 14.5. The molecule has 0 saturated carbocycles. The lowest BCUT2D eigenvalue weighted by atomic mass is 10.1. The van der Waals surface area contributed by atoms with Crippen molar-refractivity contribution in [3.63, 3.8) is 0 Å². The Morgan fingerprint density at radius 3 is 2.65 bits per heavy atom. The maximum atomic E-state index is 11.8. The number of amides is 1. The van der Waals surface area contributed by atoms with Crippen LogP contribution in [0.4, 0.5) is 11.5 Å². The molecule has 0 unspecified atom stereocenters. The summed E-state index contributed by atoms with van der Waals surface area (Å²) in [5.41, 5.74) is 6.83. The number of aromatic nitrogens is 1. The van der Waals surface area contributed by atoms with Gasteiger partial charge in [0.2, 0.25) is 5.91 Å². The van der Waals surface area contributed by atoms with E-state index in [4.69, 9.17) is 10.5 Å². The van der Waals surface area contributed by atoms with Crippen LogP contribution in [0.1, 0.15) is 13.8 Å². The molecule has 110 valence electrons. The molecule has 1 aromatic heterocycles. The van der Waals surface area contributed by atoms with Crippen molar-refractivity contribution in [2.24, 2.45) is 11.7 Å². The van der Waals surface area contributed by atoms with Gasteiger partial charge in [-0.15, -0.1) is 0 Å². The molecule has 1 saturated heterocycles. The number of rotatable bonds is 4. The molecule has 20 heavy (non-hydrogen) atoms. The SMILES string of the molecule is CC(C)[C@H](N)C(=O)Nc1ccc(N2CCOCC2)cn1. The van der Waals surface area contributed by atoms with Crippen LogP contribution in [0, 0.1) is 5.92 Å². The Morgan fingerprint density at radius 1 is 1.40 bits per heavy atom. The van der Waals surface area contributed by atoms with Crippen molar-refractivity contribution in [2.75, 3.05) is 36.5 Å². The van der Waals surface area contributed by atoms with Crippen LogP contribution >= 0.6 is 0 Å². The third kappa shape index (κ3) is 3.68. The summed E-state index contributed by atoms with van der Waals surface area (Å²) in [6.45, 7) is 7.04. The van der Waals surface area contributed by atoms with Crippen LogP contribution in [-0.4, -0.2) is 43.2 Å². The van der Waals surface area contributed by atoms with E-state index in [1.165, 1.54) is 0 Å². The predicted molar refractivity (Wildman–Crippen MR) is 78.7 cm³/mol. The van der Waals surface area contributed by atoms with Gasteiger partial charge in [0, 0.05) is 13.1 Å². The van der Waals surface area contributed by atoms with Gasteiger partial charge in [0.15, 0.2) is 0 Å². The van der Waals surface area contributed by atoms with Gasteiger partial charge >= 0.3 is 0 Å². The molecular formula is C14H22N4O2. The van der Waals surface area contributed by atoms with Gasteiger partial charge in [0.05, 0.1) is 31.1 Å². The van der Waals surface area contributed by atoms with Crippen molar-refractivity contribution in [1.29, 1.82) is 0 Å². The first kappa shape index (κ1) is 14.7. The molecule has 0 aromatic carbocycles. The van der Waals surface area contributed by atoms with Crippen LogP contribution < -0.4 is 16.0 Å². The molecule has 1 aliphatic rings. The highest BCUT2D eigenvalue weighted by atomic mass is 16.5. The number of anilines is 2. The van der Waals surface area contributed by atoms with E-state index in [1.54, 1.807) is 12.3 Å². The number of ether oxygens (including phenoxy) is 1. The van der Waals surface area contributed by atoms with E-state index in [0.29, 0.717) is 5.82 Å². The molecule has 1 amide bonds. The Kier molecular flexibility index (Phi) is 4.92. The Labute approximate surface area is 119 Å². The fourth-order valence-electron chi connectivity index (χ4n) is 1.98. The highest BCUT2D eigenvalue weighted by molar-refractivity contribution is 5.94. The van der Waals surface area contributed by atoms with Gasteiger partial charge in [-0.3, -0.25) is 4.79 Å². The van der Waals surface area contributed by atoms with Crippen molar-refractivity contribution < 1.29 is 9.53 Å². The van der Waals surface area contributed by atoms with Crippen molar-refractivity contribution in [1.82, 2.24) is 4.98 Å². The molecule has 6 heteroatoms. The monoisotopic (exact) mass is 278 g/mol. The molecule has 3 N–H and O–H groups in total. The molecule has 0 radical (unpaired) electrons. The number of carbonyl (C=O) groups is 1. The molecule has 2 heterocycles. The zero-order valence-corrected chi connectivity index (χ0v) is 12.0. The first-order valence-corrected chi connectivity index (χ1v) is 6.93. The van der Waals surface area contributed by atoms with Gasteiger partial charge in [-0.25, -0.2) is 4.98 Å². The third-order valence-corrected chi connectivity index (χ3v) is 3.40. The summed E-state index contributed by atoms with van der Waals surface area (Å²) in [6, 6.07) is 3.24. The molecule has 0 spiro atoms. The van der Waals surface area contributed by atoms with Crippen LogP contribution in [0.2, 0.25) is 0 Å². The van der Waals surface area contributed by atoms with Crippen molar-refractivity contribution in [3.8, 4) is 0 Å². The Hall–Kier alpha value is -1.66. The molecule has 1 aromatic rings. The number of pyridine rings is 1. The minimum Gasteiger partial charge on any atom is -0.378 e. The predicted octanol–water partition coefficient (Wildman–Crippen LogP) is 0.840. The van der Waals surface area contributed by atoms with Gasteiger partial charge < -0.3 is 20.7 Å². The minimum absolute atomic E-state index is 0.0997. The second-order valence-electron chi connectivity index (χ2n) is 5.26. The smallest absolute Gasteiger partial charge is 0.242 e. The highest BCUT2D eigenvalue weighted by Crippen LogP contribution is 2.16. The lowest BCUT2D eigenvalue weighted by molar-refractivity contribution is -0.118. The van der Waals surface area contributed by atoms with Gasteiger partial charge in [-0.1, -0.05) is 13.8 Å². The van der Waals surface area contributed by atoms with Crippen LogP contribution in [-0.2, 0) is 9.53 Å². The molecular weight excluding hydrogens is 256 g/mol. The first-order chi connectivity index (χ1) is 9.58. The lowest BCUT2D eigenvalue weighted by Gasteiger charge is -2.28. The lowest BCUT2D eigenvalue weighted by Crippen LogP contribution is -2.40. The summed E-state index contributed by atoms with van der Waals surface area (Å²) in [5.74, 6) is 0.428. The normalized spacial score (nSPS) is 17.1. The number of morpholine rings is 1. The Morgan fingerprint density at radius 2 is 2.10 bits per heavy atom. The summed E-state index contributed by atoms with van der Waals surface area (Å²) in [4.78, 5) is 18.3. The van der Waals surface area contributed by atoms with Crippen LogP contribution in [0.5, 0.6) is 0 Å². The van der Waals surface area contributed by atoms with E-state index in [-0.39, 0.29) is 11.8 Å². The van der Waals surface area contributed by atoms with E-state index >= 15 is 0 Å². The van der Waals surface area contributed by atoms with E-state index in [1.807, 2.05) is 19.9 Å². The van der Waals surface area contributed by atoms with Crippen LogP contribution in [0.15, 0.2) is 18.3 Å². The van der Waals surface area contributed by atoms with Crippen molar-refractivity contribution >= 4 is 17.4 Å². The first-order valence-electron chi connectivity index (χ1n) is 6.93.